The van der Waals surface area contributed by atoms with Gasteiger partial charge in [-0.15, -0.1) is 0 Å². The zero-order chi connectivity index (χ0) is 16.7. The van der Waals surface area contributed by atoms with E-state index in [-0.39, 0.29) is 5.41 Å². The number of aromatic nitrogens is 2. The Bertz CT molecular complexity index is 579. The molecule has 2 aliphatic rings. The molecule has 3 heterocycles. The van der Waals surface area contributed by atoms with Crippen molar-refractivity contribution in [3.8, 4) is 0 Å². The SMILES string of the molecule is CC(Cc1cnn(CC(F)(F)F)c1)CN1CCC2(C1)CS(=O)C2. The first-order valence-corrected chi connectivity index (χ1v) is 9.37. The minimum absolute atomic E-state index is 0.280. The van der Waals surface area contributed by atoms with Gasteiger partial charge in [0.1, 0.15) is 6.54 Å². The van der Waals surface area contributed by atoms with Gasteiger partial charge in [-0.1, -0.05) is 6.92 Å². The summed E-state index contributed by atoms with van der Waals surface area (Å²) >= 11 is 0. The number of hydrogen-bond donors (Lipinski definition) is 0. The summed E-state index contributed by atoms with van der Waals surface area (Å²) in [5.41, 5.74) is 1.13. The lowest BCUT2D eigenvalue weighted by atomic mass is 9.91. The molecule has 2 saturated heterocycles. The summed E-state index contributed by atoms with van der Waals surface area (Å²) in [4.78, 5) is 2.40. The van der Waals surface area contributed by atoms with Crippen molar-refractivity contribution in [2.45, 2.75) is 32.5 Å². The van der Waals surface area contributed by atoms with E-state index in [1.165, 1.54) is 12.4 Å². The summed E-state index contributed by atoms with van der Waals surface area (Å²) in [6, 6.07) is 0. The summed E-state index contributed by atoms with van der Waals surface area (Å²) in [7, 11) is -0.616. The van der Waals surface area contributed by atoms with Crippen molar-refractivity contribution in [1.82, 2.24) is 14.7 Å². The predicted octanol–water partition coefficient (Wildman–Crippen LogP) is 2.08. The van der Waals surface area contributed by atoms with Crippen LogP contribution >= 0.6 is 0 Å². The predicted molar refractivity (Wildman–Crippen MR) is 82.5 cm³/mol. The second kappa shape index (κ2) is 6.20. The van der Waals surface area contributed by atoms with Crippen LogP contribution in [0.5, 0.6) is 0 Å². The third-order valence-corrected chi connectivity index (χ3v) is 6.50. The smallest absolute Gasteiger partial charge is 0.302 e. The van der Waals surface area contributed by atoms with Crippen LogP contribution in [0.4, 0.5) is 13.2 Å². The maximum Gasteiger partial charge on any atom is 0.408 e. The van der Waals surface area contributed by atoms with E-state index in [4.69, 9.17) is 0 Å². The van der Waals surface area contributed by atoms with Gasteiger partial charge in [0.15, 0.2) is 0 Å². The lowest BCUT2D eigenvalue weighted by Gasteiger charge is -2.37. The molecule has 0 aliphatic carbocycles. The molecule has 0 saturated carbocycles. The van der Waals surface area contributed by atoms with Crippen molar-refractivity contribution in [2.75, 3.05) is 31.1 Å². The van der Waals surface area contributed by atoms with Gasteiger partial charge < -0.3 is 4.90 Å². The van der Waals surface area contributed by atoms with Crippen LogP contribution in [-0.2, 0) is 23.8 Å². The Balaban J connectivity index is 1.46. The molecule has 130 valence electrons. The van der Waals surface area contributed by atoms with Gasteiger partial charge in [-0.3, -0.25) is 8.89 Å². The fourth-order valence-electron chi connectivity index (χ4n) is 3.75. The van der Waals surface area contributed by atoms with Crippen LogP contribution in [0.3, 0.4) is 0 Å². The van der Waals surface area contributed by atoms with E-state index in [1.54, 1.807) is 0 Å². The largest absolute Gasteiger partial charge is 0.408 e. The number of likely N-dealkylation sites (tertiary alicyclic amines) is 1. The van der Waals surface area contributed by atoms with Crippen LogP contribution < -0.4 is 0 Å². The standard InChI is InChI=1S/C15H22F3N3OS/c1-12(4-13-5-19-21(7-13)9-15(16,17)18)6-20-3-2-14(8-20)10-23(22)11-14/h5,7,12H,2-4,6,8-11H2,1H3. The molecular weight excluding hydrogens is 327 g/mol. The van der Waals surface area contributed by atoms with Crippen molar-refractivity contribution in [2.24, 2.45) is 11.3 Å². The van der Waals surface area contributed by atoms with Crippen LogP contribution in [0, 0.1) is 11.3 Å². The number of halogens is 3. The van der Waals surface area contributed by atoms with Crippen molar-refractivity contribution < 1.29 is 17.4 Å². The summed E-state index contributed by atoms with van der Waals surface area (Å²) in [5, 5.41) is 3.79. The Labute approximate surface area is 136 Å². The molecule has 2 fully saturated rings. The van der Waals surface area contributed by atoms with E-state index >= 15 is 0 Å². The van der Waals surface area contributed by atoms with Crippen molar-refractivity contribution in [3.63, 3.8) is 0 Å². The highest BCUT2D eigenvalue weighted by molar-refractivity contribution is 7.86. The topological polar surface area (TPSA) is 38.1 Å². The molecule has 0 aromatic carbocycles. The van der Waals surface area contributed by atoms with E-state index in [0.717, 1.165) is 54.2 Å². The van der Waals surface area contributed by atoms with Crippen molar-refractivity contribution >= 4 is 10.8 Å². The molecule has 0 bridgehead atoms. The number of alkyl halides is 3. The fraction of sp³-hybridized carbons (Fsp3) is 0.800. The van der Waals surface area contributed by atoms with Gasteiger partial charge in [0.2, 0.25) is 0 Å². The van der Waals surface area contributed by atoms with Gasteiger partial charge in [-0.25, -0.2) is 0 Å². The molecule has 0 amide bonds. The number of hydrogen-bond acceptors (Lipinski definition) is 3. The lowest BCUT2D eigenvalue weighted by Crippen LogP contribution is -2.47. The molecule has 23 heavy (non-hydrogen) atoms. The molecule has 1 aromatic rings. The monoisotopic (exact) mass is 349 g/mol. The van der Waals surface area contributed by atoms with Gasteiger partial charge >= 0.3 is 6.18 Å². The third-order valence-electron chi connectivity index (χ3n) is 4.63. The third kappa shape index (κ3) is 4.35. The Morgan fingerprint density at radius 2 is 2.17 bits per heavy atom. The molecule has 3 rings (SSSR count). The Morgan fingerprint density at radius 3 is 2.83 bits per heavy atom. The first-order valence-electron chi connectivity index (χ1n) is 7.88. The highest BCUT2D eigenvalue weighted by atomic mass is 32.2. The molecule has 0 N–H and O–H groups in total. The van der Waals surface area contributed by atoms with Gasteiger partial charge in [0.05, 0.1) is 6.20 Å². The molecule has 0 radical (unpaired) electrons. The van der Waals surface area contributed by atoms with E-state index in [9.17, 15) is 17.4 Å². The van der Waals surface area contributed by atoms with Crippen molar-refractivity contribution in [1.29, 1.82) is 0 Å². The number of nitrogens with zero attached hydrogens (tertiary/aromatic N) is 3. The van der Waals surface area contributed by atoms with Crippen molar-refractivity contribution in [3.05, 3.63) is 18.0 Å². The first-order chi connectivity index (χ1) is 10.7. The lowest BCUT2D eigenvalue weighted by molar-refractivity contribution is -0.142. The zero-order valence-electron chi connectivity index (χ0n) is 13.2. The summed E-state index contributed by atoms with van der Waals surface area (Å²) in [6.07, 6.45) is 0.636. The fourth-order valence-corrected chi connectivity index (χ4v) is 5.50. The Morgan fingerprint density at radius 1 is 1.43 bits per heavy atom. The average molecular weight is 349 g/mol. The van der Waals surface area contributed by atoms with Gasteiger partial charge in [0.25, 0.3) is 0 Å². The van der Waals surface area contributed by atoms with E-state index in [1.807, 2.05) is 0 Å². The maximum absolute atomic E-state index is 12.3. The quantitative estimate of drug-likeness (QED) is 0.817. The molecule has 1 atom stereocenters. The van der Waals surface area contributed by atoms with Crippen LogP contribution in [0.25, 0.3) is 0 Å². The van der Waals surface area contributed by atoms with Gasteiger partial charge in [-0.2, -0.15) is 18.3 Å². The van der Waals surface area contributed by atoms with E-state index < -0.39 is 23.5 Å². The van der Waals surface area contributed by atoms with E-state index in [2.05, 4.69) is 16.9 Å². The molecule has 1 aromatic heterocycles. The second-order valence-corrected chi connectivity index (χ2v) is 8.64. The molecule has 4 nitrogen and oxygen atoms in total. The summed E-state index contributed by atoms with van der Waals surface area (Å²) in [5.74, 6) is 2.03. The Hall–Kier alpha value is -0.890. The summed E-state index contributed by atoms with van der Waals surface area (Å²) in [6.45, 7) is 4.06. The molecule has 2 aliphatic heterocycles. The highest BCUT2D eigenvalue weighted by Crippen LogP contribution is 2.39. The van der Waals surface area contributed by atoms with Crippen LogP contribution in [-0.4, -0.2) is 56.2 Å². The Kier molecular flexibility index (Phi) is 4.57. The molecule has 1 spiro atoms. The molecule has 1 unspecified atom stereocenters. The van der Waals surface area contributed by atoms with Crippen LogP contribution in [0.2, 0.25) is 0 Å². The van der Waals surface area contributed by atoms with Gasteiger partial charge in [0, 0.05) is 47.0 Å². The normalized spacial score (nSPS) is 29.8. The van der Waals surface area contributed by atoms with Crippen LogP contribution in [0.1, 0.15) is 18.9 Å². The average Bonchev–Trinajstić information content (AvgIpc) is 2.95. The minimum Gasteiger partial charge on any atom is -0.302 e. The van der Waals surface area contributed by atoms with Gasteiger partial charge in [-0.05, 0) is 30.9 Å². The number of rotatable bonds is 5. The highest BCUT2D eigenvalue weighted by Gasteiger charge is 2.47. The van der Waals surface area contributed by atoms with E-state index in [0.29, 0.717) is 5.92 Å². The molecular formula is C15H22F3N3OS. The summed E-state index contributed by atoms with van der Waals surface area (Å²) < 4.78 is 49.3. The first kappa shape index (κ1) is 17.0. The minimum atomic E-state index is -4.23. The molecule has 8 heteroatoms. The second-order valence-electron chi connectivity index (χ2n) is 7.18. The zero-order valence-corrected chi connectivity index (χ0v) is 14.0. The maximum atomic E-state index is 12.3. The van der Waals surface area contributed by atoms with Crippen LogP contribution in [0.15, 0.2) is 12.4 Å².